The molecule has 0 aliphatic heterocycles. The van der Waals surface area contributed by atoms with Gasteiger partial charge in [0.15, 0.2) is 6.61 Å². The fraction of sp³-hybridized carbons (Fsp3) is 0.167. The average molecular weight is 341 g/mol. The molecule has 0 saturated carbocycles. The molecule has 1 N–H and O–H groups in total. The van der Waals surface area contributed by atoms with Gasteiger partial charge in [-0.15, -0.1) is 10.2 Å². The van der Waals surface area contributed by atoms with Gasteiger partial charge in [0.05, 0.1) is 6.04 Å². The molecule has 3 rings (SSSR count). The SMILES string of the molecule is C[C@@H](NC(=O)COc1ccc(-c2nnco2)cc1)c1ccc(F)cc1. The Morgan fingerprint density at radius 3 is 2.56 bits per heavy atom. The third-order valence-corrected chi connectivity index (χ3v) is 3.58. The Hall–Kier alpha value is -3.22. The van der Waals surface area contributed by atoms with Crippen molar-refractivity contribution in [3.63, 3.8) is 0 Å². The molecule has 2 aromatic carbocycles. The monoisotopic (exact) mass is 341 g/mol. The van der Waals surface area contributed by atoms with E-state index in [2.05, 4.69) is 15.5 Å². The van der Waals surface area contributed by atoms with Gasteiger partial charge in [0, 0.05) is 5.56 Å². The number of aromatic nitrogens is 2. The number of halogens is 1. The second-order valence-corrected chi connectivity index (χ2v) is 5.40. The van der Waals surface area contributed by atoms with E-state index >= 15 is 0 Å². The van der Waals surface area contributed by atoms with Gasteiger partial charge in [-0.05, 0) is 48.9 Å². The van der Waals surface area contributed by atoms with E-state index in [1.165, 1.54) is 18.5 Å². The number of ether oxygens (including phenoxy) is 1. The maximum Gasteiger partial charge on any atom is 0.258 e. The van der Waals surface area contributed by atoms with E-state index in [4.69, 9.17) is 9.15 Å². The molecule has 6 nitrogen and oxygen atoms in total. The lowest BCUT2D eigenvalue weighted by molar-refractivity contribution is -0.123. The molecule has 25 heavy (non-hydrogen) atoms. The lowest BCUT2D eigenvalue weighted by atomic mass is 10.1. The van der Waals surface area contributed by atoms with Crippen LogP contribution in [-0.4, -0.2) is 22.7 Å². The predicted octanol–water partition coefficient (Wildman–Crippen LogP) is 3.13. The molecule has 7 heteroatoms. The van der Waals surface area contributed by atoms with Crippen molar-refractivity contribution >= 4 is 5.91 Å². The number of amides is 1. The minimum absolute atomic E-state index is 0.120. The van der Waals surface area contributed by atoms with E-state index in [1.54, 1.807) is 36.4 Å². The second kappa shape index (κ2) is 7.57. The lowest BCUT2D eigenvalue weighted by Gasteiger charge is -2.14. The summed E-state index contributed by atoms with van der Waals surface area (Å²) < 4.78 is 23.5. The molecule has 1 atom stereocenters. The molecule has 0 radical (unpaired) electrons. The topological polar surface area (TPSA) is 77.2 Å². The maximum atomic E-state index is 12.9. The molecule has 0 aliphatic carbocycles. The first-order chi connectivity index (χ1) is 12.1. The Bertz CT molecular complexity index is 818. The van der Waals surface area contributed by atoms with Gasteiger partial charge in [-0.2, -0.15) is 0 Å². The first-order valence-electron chi connectivity index (χ1n) is 7.66. The summed E-state index contributed by atoms with van der Waals surface area (Å²) in [5.74, 6) is 0.387. The zero-order valence-corrected chi connectivity index (χ0v) is 13.5. The Morgan fingerprint density at radius 2 is 1.92 bits per heavy atom. The van der Waals surface area contributed by atoms with Gasteiger partial charge in [0.2, 0.25) is 12.3 Å². The van der Waals surface area contributed by atoms with Crippen molar-refractivity contribution in [2.75, 3.05) is 6.61 Å². The summed E-state index contributed by atoms with van der Waals surface area (Å²) in [6.07, 6.45) is 1.26. The molecule has 0 spiro atoms. The van der Waals surface area contributed by atoms with Gasteiger partial charge in [-0.3, -0.25) is 4.79 Å². The first-order valence-corrected chi connectivity index (χ1v) is 7.66. The van der Waals surface area contributed by atoms with Crippen molar-refractivity contribution in [2.24, 2.45) is 0 Å². The van der Waals surface area contributed by atoms with Gasteiger partial charge >= 0.3 is 0 Å². The van der Waals surface area contributed by atoms with Crippen molar-refractivity contribution in [1.82, 2.24) is 15.5 Å². The Morgan fingerprint density at radius 1 is 1.20 bits per heavy atom. The zero-order valence-electron chi connectivity index (χ0n) is 13.5. The maximum absolute atomic E-state index is 12.9. The molecule has 0 unspecified atom stereocenters. The van der Waals surface area contributed by atoms with Crippen LogP contribution in [-0.2, 0) is 4.79 Å². The summed E-state index contributed by atoms with van der Waals surface area (Å²) >= 11 is 0. The Labute approximate surface area is 143 Å². The minimum atomic E-state index is -0.311. The number of nitrogens with zero attached hydrogens (tertiary/aromatic N) is 2. The molecular weight excluding hydrogens is 325 g/mol. The smallest absolute Gasteiger partial charge is 0.258 e. The van der Waals surface area contributed by atoms with Crippen molar-refractivity contribution in [3.05, 3.63) is 66.3 Å². The van der Waals surface area contributed by atoms with Crippen molar-refractivity contribution in [2.45, 2.75) is 13.0 Å². The fourth-order valence-electron chi connectivity index (χ4n) is 2.26. The summed E-state index contributed by atoms with van der Waals surface area (Å²) in [5, 5.41) is 10.2. The van der Waals surface area contributed by atoms with Gasteiger partial charge in [0.1, 0.15) is 11.6 Å². The first kappa shape index (κ1) is 16.6. The second-order valence-electron chi connectivity index (χ2n) is 5.40. The van der Waals surface area contributed by atoms with Crippen molar-refractivity contribution in [3.8, 4) is 17.2 Å². The zero-order chi connectivity index (χ0) is 17.6. The Kier molecular flexibility index (Phi) is 5.03. The van der Waals surface area contributed by atoms with E-state index in [0.29, 0.717) is 11.6 Å². The third kappa shape index (κ3) is 4.41. The Balaban J connectivity index is 1.51. The number of carbonyl (C=O) groups is 1. The van der Waals surface area contributed by atoms with Crippen LogP contribution < -0.4 is 10.1 Å². The molecule has 1 aromatic heterocycles. The molecule has 1 amide bonds. The van der Waals surface area contributed by atoms with Crippen LogP contribution >= 0.6 is 0 Å². The van der Waals surface area contributed by atoms with Gasteiger partial charge in [0.25, 0.3) is 5.91 Å². The molecular formula is C18H16FN3O3. The molecule has 0 aliphatic rings. The summed E-state index contributed by atoms with van der Waals surface area (Å²) in [4.78, 5) is 12.0. The molecule has 3 aromatic rings. The number of hydrogen-bond acceptors (Lipinski definition) is 5. The predicted molar refractivity (Wildman–Crippen MR) is 88.2 cm³/mol. The minimum Gasteiger partial charge on any atom is -0.484 e. The highest BCUT2D eigenvalue weighted by Crippen LogP contribution is 2.20. The van der Waals surface area contributed by atoms with Crippen LogP contribution in [0.25, 0.3) is 11.5 Å². The summed E-state index contributed by atoms with van der Waals surface area (Å²) in [5.41, 5.74) is 1.58. The van der Waals surface area contributed by atoms with Crippen LogP contribution in [0, 0.1) is 5.82 Å². The van der Waals surface area contributed by atoms with Gasteiger partial charge in [-0.25, -0.2) is 4.39 Å². The number of benzene rings is 2. The average Bonchev–Trinajstić information content (AvgIpc) is 3.15. The highest BCUT2D eigenvalue weighted by atomic mass is 19.1. The number of rotatable bonds is 6. The van der Waals surface area contributed by atoms with Crippen LogP contribution in [0.3, 0.4) is 0 Å². The quantitative estimate of drug-likeness (QED) is 0.745. The molecule has 0 fully saturated rings. The van der Waals surface area contributed by atoms with E-state index in [9.17, 15) is 9.18 Å². The van der Waals surface area contributed by atoms with E-state index in [1.807, 2.05) is 6.92 Å². The van der Waals surface area contributed by atoms with Crippen molar-refractivity contribution < 1.29 is 18.3 Å². The molecule has 128 valence electrons. The van der Waals surface area contributed by atoms with Crippen LogP contribution in [0.4, 0.5) is 4.39 Å². The van der Waals surface area contributed by atoms with Crippen LogP contribution in [0.15, 0.2) is 59.3 Å². The number of hydrogen-bond donors (Lipinski definition) is 1. The standard InChI is InChI=1S/C18H16FN3O3/c1-12(13-2-6-15(19)7-3-13)21-17(23)10-24-16-8-4-14(5-9-16)18-22-20-11-25-18/h2-9,11-12H,10H2,1H3,(H,21,23)/t12-/m1/s1. The largest absolute Gasteiger partial charge is 0.484 e. The van der Waals surface area contributed by atoms with Crippen molar-refractivity contribution in [1.29, 1.82) is 0 Å². The fourth-order valence-corrected chi connectivity index (χ4v) is 2.26. The van der Waals surface area contributed by atoms with Crippen LogP contribution in [0.2, 0.25) is 0 Å². The highest BCUT2D eigenvalue weighted by molar-refractivity contribution is 5.78. The summed E-state index contributed by atoms with van der Waals surface area (Å²) in [6.45, 7) is 1.70. The highest BCUT2D eigenvalue weighted by Gasteiger charge is 2.10. The third-order valence-electron chi connectivity index (χ3n) is 3.58. The molecule has 0 saturated heterocycles. The normalized spacial score (nSPS) is 11.8. The van der Waals surface area contributed by atoms with Crippen LogP contribution in [0.1, 0.15) is 18.5 Å². The van der Waals surface area contributed by atoms with E-state index in [0.717, 1.165) is 11.1 Å². The summed E-state index contributed by atoms with van der Waals surface area (Å²) in [7, 11) is 0. The number of carbonyl (C=O) groups excluding carboxylic acids is 1. The van der Waals surface area contributed by atoms with Gasteiger partial charge in [-0.1, -0.05) is 12.1 Å². The van der Waals surface area contributed by atoms with E-state index in [-0.39, 0.29) is 24.4 Å². The van der Waals surface area contributed by atoms with Crippen LogP contribution in [0.5, 0.6) is 5.75 Å². The number of nitrogens with one attached hydrogen (secondary N) is 1. The summed E-state index contributed by atoms with van der Waals surface area (Å²) in [6, 6.07) is 12.7. The van der Waals surface area contributed by atoms with Gasteiger partial charge < -0.3 is 14.5 Å². The molecule has 1 heterocycles. The van der Waals surface area contributed by atoms with E-state index < -0.39 is 0 Å². The molecule has 0 bridgehead atoms. The lowest BCUT2D eigenvalue weighted by Crippen LogP contribution is -2.31.